The van der Waals surface area contributed by atoms with E-state index in [1.165, 1.54) is 5.56 Å². The molecule has 156 valence electrons. The van der Waals surface area contributed by atoms with Gasteiger partial charge < -0.3 is 15.0 Å². The second-order valence-corrected chi connectivity index (χ2v) is 7.97. The second-order valence-electron chi connectivity index (χ2n) is 7.22. The highest BCUT2D eigenvalue weighted by Crippen LogP contribution is 2.31. The number of fused-ring (bicyclic) bond motifs is 3. The summed E-state index contributed by atoms with van der Waals surface area (Å²) in [5.74, 6) is 0.968. The summed E-state index contributed by atoms with van der Waals surface area (Å²) >= 11 is 3.53. The van der Waals surface area contributed by atoms with Crippen LogP contribution in [-0.4, -0.2) is 42.6 Å². The Morgan fingerprint density at radius 3 is 3.00 bits per heavy atom. The van der Waals surface area contributed by atoms with Crippen molar-refractivity contribution in [3.8, 4) is 11.6 Å². The van der Waals surface area contributed by atoms with E-state index in [9.17, 15) is 4.79 Å². The molecule has 31 heavy (non-hydrogen) atoms. The van der Waals surface area contributed by atoms with Gasteiger partial charge >= 0.3 is 6.03 Å². The van der Waals surface area contributed by atoms with E-state index in [-0.39, 0.29) is 6.03 Å². The van der Waals surface area contributed by atoms with Crippen LogP contribution in [0.25, 0.3) is 11.0 Å². The first-order valence-corrected chi connectivity index (χ1v) is 10.5. The Balaban J connectivity index is 1.31. The maximum Gasteiger partial charge on any atom is 0.322 e. The molecule has 3 aromatic heterocycles. The Morgan fingerprint density at radius 2 is 2.13 bits per heavy atom. The van der Waals surface area contributed by atoms with Gasteiger partial charge in [0.2, 0.25) is 5.88 Å². The number of aryl methyl sites for hydroxylation is 1. The average molecular weight is 480 g/mol. The van der Waals surface area contributed by atoms with E-state index in [0.29, 0.717) is 30.4 Å². The summed E-state index contributed by atoms with van der Waals surface area (Å²) in [5.41, 5.74) is 4.32. The first-order valence-electron chi connectivity index (χ1n) is 9.69. The normalized spacial score (nSPS) is 13.2. The molecule has 0 spiro atoms. The van der Waals surface area contributed by atoms with Crippen LogP contribution in [0.3, 0.4) is 0 Å². The predicted octanol–water partition coefficient (Wildman–Crippen LogP) is 4.20. The fourth-order valence-corrected chi connectivity index (χ4v) is 4.17. The van der Waals surface area contributed by atoms with Crippen LogP contribution in [0.4, 0.5) is 10.5 Å². The van der Waals surface area contributed by atoms with Crippen LogP contribution in [0.1, 0.15) is 16.8 Å². The summed E-state index contributed by atoms with van der Waals surface area (Å²) in [6.07, 6.45) is 5.72. The SMILES string of the molecule is Cc1cncc(Oc2cccc(NC(=O)N3CCc4c(c(Br)nc5[nH]ncc45)C3)c2)n1. The largest absolute Gasteiger partial charge is 0.437 e. The minimum Gasteiger partial charge on any atom is -0.437 e. The number of halogens is 1. The highest BCUT2D eigenvalue weighted by molar-refractivity contribution is 9.10. The van der Waals surface area contributed by atoms with Crippen LogP contribution in [0.15, 0.2) is 47.5 Å². The van der Waals surface area contributed by atoms with Crippen LogP contribution in [0, 0.1) is 6.92 Å². The molecule has 0 saturated carbocycles. The molecular formula is C21H18BrN7O2. The number of ether oxygens (including phenoxy) is 1. The van der Waals surface area contributed by atoms with Crippen molar-refractivity contribution in [2.24, 2.45) is 0 Å². The monoisotopic (exact) mass is 479 g/mol. The topological polar surface area (TPSA) is 109 Å². The maximum atomic E-state index is 12.9. The van der Waals surface area contributed by atoms with Crippen LogP contribution in [0.2, 0.25) is 0 Å². The molecule has 0 atom stereocenters. The summed E-state index contributed by atoms with van der Waals surface area (Å²) in [6.45, 7) is 2.91. The molecule has 1 aliphatic rings. The molecule has 2 N–H and O–H groups in total. The van der Waals surface area contributed by atoms with E-state index in [4.69, 9.17) is 4.74 Å². The van der Waals surface area contributed by atoms with Crippen molar-refractivity contribution < 1.29 is 9.53 Å². The van der Waals surface area contributed by atoms with Crippen molar-refractivity contribution in [2.45, 2.75) is 19.9 Å². The van der Waals surface area contributed by atoms with Crippen molar-refractivity contribution in [1.29, 1.82) is 0 Å². The van der Waals surface area contributed by atoms with Gasteiger partial charge in [0, 0.05) is 35.4 Å². The molecule has 9 nitrogen and oxygen atoms in total. The average Bonchev–Trinajstić information content (AvgIpc) is 3.22. The fraction of sp³-hybridized carbons (Fsp3) is 0.190. The molecule has 0 bridgehead atoms. The number of nitrogens with one attached hydrogen (secondary N) is 2. The summed E-state index contributed by atoms with van der Waals surface area (Å²) < 4.78 is 6.49. The van der Waals surface area contributed by atoms with Gasteiger partial charge in [0.1, 0.15) is 10.4 Å². The van der Waals surface area contributed by atoms with Gasteiger partial charge in [-0.1, -0.05) is 6.07 Å². The lowest BCUT2D eigenvalue weighted by atomic mass is 9.99. The number of amides is 2. The molecule has 5 rings (SSSR count). The zero-order valence-corrected chi connectivity index (χ0v) is 18.2. The summed E-state index contributed by atoms with van der Waals surface area (Å²) in [4.78, 5) is 27.5. The number of nitrogens with zero attached hydrogens (tertiary/aromatic N) is 5. The van der Waals surface area contributed by atoms with Gasteiger partial charge in [-0.05, 0) is 47.0 Å². The van der Waals surface area contributed by atoms with Gasteiger partial charge in [-0.15, -0.1) is 0 Å². The van der Waals surface area contributed by atoms with Crippen LogP contribution < -0.4 is 10.1 Å². The van der Waals surface area contributed by atoms with E-state index in [1.807, 2.05) is 19.1 Å². The first kappa shape index (κ1) is 19.4. The third kappa shape index (κ3) is 3.93. The van der Waals surface area contributed by atoms with E-state index in [2.05, 4.69) is 46.4 Å². The lowest BCUT2D eigenvalue weighted by molar-refractivity contribution is 0.206. The van der Waals surface area contributed by atoms with E-state index in [1.54, 1.807) is 35.6 Å². The number of carbonyl (C=O) groups is 1. The van der Waals surface area contributed by atoms with Crippen LogP contribution >= 0.6 is 15.9 Å². The maximum absolute atomic E-state index is 12.9. The van der Waals surface area contributed by atoms with Gasteiger partial charge in [0.15, 0.2) is 5.65 Å². The van der Waals surface area contributed by atoms with E-state index < -0.39 is 0 Å². The molecule has 0 radical (unpaired) electrons. The lowest BCUT2D eigenvalue weighted by Crippen LogP contribution is -2.39. The van der Waals surface area contributed by atoms with Crippen molar-refractivity contribution in [3.05, 3.63) is 64.3 Å². The fourth-order valence-electron chi connectivity index (χ4n) is 3.62. The third-order valence-corrected chi connectivity index (χ3v) is 5.73. The molecular weight excluding hydrogens is 462 g/mol. The third-order valence-electron chi connectivity index (χ3n) is 5.08. The quantitative estimate of drug-likeness (QED) is 0.426. The smallest absolute Gasteiger partial charge is 0.322 e. The molecule has 0 aliphatic carbocycles. The highest BCUT2D eigenvalue weighted by Gasteiger charge is 2.25. The molecule has 0 fully saturated rings. The van der Waals surface area contributed by atoms with Gasteiger partial charge in [-0.3, -0.25) is 10.1 Å². The number of urea groups is 1. The van der Waals surface area contributed by atoms with Crippen LogP contribution in [0.5, 0.6) is 11.6 Å². The number of hydrogen-bond donors (Lipinski definition) is 2. The van der Waals surface area contributed by atoms with Crippen molar-refractivity contribution in [3.63, 3.8) is 0 Å². The van der Waals surface area contributed by atoms with E-state index >= 15 is 0 Å². The summed E-state index contributed by atoms with van der Waals surface area (Å²) in [6, 6.07) is 7.01. The Hall–Kier alpha value is -3.53. The number of carbonyl (C=O) groups excluding carboxylic acids is 1. The van der Waals surface area contributed by atoms with E-state index in [0.717, 1.165) is 33.3 Å². The predicted molar refractivity (Wildman–Crippen MR) is 118 cm³/mol. The zero-order valence-electron chi connectivity index (χ0n) is 16.6. The Morgan fingerprint density at radius 1 is 1.23 bits per heavy atom. The summed E-state index contributed by atoms with van der Waals surface area (Å²) in [7, 11) is 0. The molecule has 0 saturated heterocycles. The minimum atomic E-state index is -0.183. The second kappa shape index (κ2) is 7.95. The number of aromatic nitrogens is 5. The van der Waals surface area contributed by atoms with Gasteiger partial charge in [-0.2, -0.15) is 5.10 Å². The number of hydrogen-bond acceptors (Lipinski definition) is 6. The van der Waals surface area contributed by atoms with Gasteiger partial charge in [-0.25, -0.2) is 14.8 Å². The van der Waals surface area contributed by atoms with Crippen molar-refractivity contribution in [1.82, 2.24) is 30.0 Å². The Bertz CT molecular complexity index is 1290. The summed E-state index contributed by atoms with van der Waals surface area (Å²) in [5, 5.41) is 10.9. The number of pyridine rings is 1. The number of H-pyrrole nitrogens is 1. The van der Waals surface area contributed by atoms with Crippen molar-refractivity contribution in [2.75, 3.05) is 11.9 Å². The highest BCUT2D eigenvalue weighted by atomic mass is 79.9. The number of rotatable bonds is 3. The van der Waals surface area contributed by atoms with Gasteiger partial charge in [0.25, 0.3) is 0 Å². The molecule has 10 heteroatoms. The molecule has 0 unspecified atom stereocenters. The minimum absolute atomic E-state index is 0.183. The lowest BCUT2D eigenvalue weighted by Gasteiger charge is -2.29. The zero-order chi connectivity index (χ0) is 21.4. The number of benzene rings is 1. The molecule has 4 aromatic rings. The van der Waals surface area contributed by atoms with Gasteiger partial charge in [0.05, 0.1) is 24.6 Å². The molecule has 4 heterocycles. The first-order chi connectivity index (χ1) is 15.1. The van der Waals surface area contributed by atoms with Crippen LogP contribution in [-0.2, 0) is 13.0 Å². The standard InChI is InChI=1S/C21H18BrN7O2/c1-12-8-23-10-18(25-12)31-14-4-2-3-13(7-14)26-21(30)29-6-5-15-16-9-24-28-20(16)27-19(22)17(15)11-29/h2-4,7-10H,5-6,11H2,1H3,(H,26,30)(H,24,27,28). The van der Waals surface area contributed by atoms with Crippen molar-refractivity contribution >= 4 is 38.7 Å². The Kier molecular flexibility index (Phi) is 4.99. The number of aromatic amines is 1. The molecule has 1 aromatic carbocycles. The Labute approximate surface area is 186 Å². The molecule has 1 aliphatic heterocycles. The number of anilines is 1. The molecule has 2 amide bonds.